The number of amides is 1. The Hall–Kier alpha value is -2.04. The van der Waals surface area contributed by atoms with Crippen molar-refractivity contribution in [2.75, 3.05) is 19.7 Å². The van der Waals surface area contributed by atoms with E-state index in [0.717, 1.165) is 37.0 Å². The summed E-state index contributed by atoms with van der Waals surface area (Å²) in [7, 11) is 0. The summed E-state index contributed by atoms with van der Waals surface area (Å²) in [6, 6.07) is 3.99. The summed E-state index contributed by atoms with van der Waals surface area (Å²) in [5.74, 6) is 0.830. The lowest BCUT2D eigenvalue weighted by Crippen LogP contribution is -2.38. The number of nitrogens with one attached hydrogen (secondary N) is 1. The van der Waals surface area contributed by atoms with Gasteiger partial charge in [0.15, 0.2) is 0 Å². The standard InChI is InChI=1S/C17H23N3O2/c1-12(2)11-22-17(21)20-8-5-13(6-9-20)14-10-19-15-4-3-7-18-16(14)15/h3-4,7,10,12-13,19H,5-6,8-9,11H2,1-2H3. The molecule has 2 aromatic rings. The Kier molecular flexibility index (Phi) is 4.32. The number of aromatic nitrogens is 2. The Morgan fingerprint density at radius 1 is 1.45 bits per heavy atom. The van der Waals surface area contributed by atoms with Gasteiger partial charge in [0.2, 0.25) is 0 Å². The molecule has 0 spiro atoms. The van der Waals surface area contributed by atoms with Crippen molar-refractivity contribution in [3.05, 3.63) is 30.1 Å². The highest BCUT2D eigenvalue weighted by Gasteiger charge is 2.26. The molecule has 0 unspecified atom stereocenters. The largest absolute Gasteiger partial charge is 0.449 e. The van der Waals surface area contributed by atoms with Crippen LogP contribution in [0.4, 0.5) is 4.79 Å². The number of likely N-dealkylation sites (tertiary alicyclic amines) is 1. The molecule has 5 heteroatoms. The summed E-state index contributed by atoms with van der Waals surface area (Å²) in [4.78, 5) is 21.6. The van der Waals surface area contributed by atoms with Crippen LogP contribution in [0, 0.1) is 5.92 Å². The first kappa shape index (κ1) is 14.9. The molecule has 5 nitrogen and oxygen atoms in total. The number of fused-ring (bicyclic) bond motifs is 1. The quantitative estimate of drug-likeness (QED) is 0.943. The minimum absolute atomic E-state index is 0.177. The monoisotopic (exact) mass is 301 g/mol. The second-order valence-corrected chi connectivity index (χ2v) is 6.38. The maximum Gasteiger partial charge on any atom is 0.409 e. The number of aromatic amines is 1. The van der Waals surface area contributed by atoms with Crippen LogP contribution in [-0.4, -0.2) is 40.7 Å². The maximum atomic E-state index is 12.0. The Labute approximate surface area is 130 Å². The van der Waals surface area contributed by atoms with Gasteiger partial charge in [-0.1, -0.05) is 13.8 Å². The van der Waals surface area contributed by atoms with Gasteiger partial charge in [0.1, 0.15) is 0 Å². The molecule has 1 aliphatic heterocycles. The lowest BCUT2D eigenvalue weighted by Gasteiger charge is -2.31. The van der Waals surface area contributed by atoms with Gasteiger partial charge in [-0.15, -0.1) is 0 Å². The van der Waals surface area contributed by atoms with Crippen molar-refractivity contribution in [3.63, 3.8) is 0 Å². The number of ether oxygens (including phenoxy) is 1. The van der Waals surface area contributed by atoms with Crippen molar-refractivity contribution in [1.29, 1.82) is 0 Å². The van der Waals surface area contributed by atoms with Gasteiger partial charge in [-0.3, -0.25) is 4.98 Å². The third-order valence-electron chi connectivity index (χ3n) is 4.20. The molecule has 1 N–H and O–H groups in total. The van der Waals surface area contributed by atoms with Crippen molar-refractivity contribution in [2.24, 2.45) is 5.92 Å². The molecule has 0 saturated carbocycles. The van der Waals surface area contributed by atoms with Gasteiger partial charge in [0.05, 0.1) is 17.6 Å². The van der Waals surface area contributed by atoms with E-state index < -0.39 is 0 Å². The lowest BCUT2D eigenvalue weighted by molar-refractivity contribution is 0.0835. The van der Waals surface area contributed by atoms with E-state index in [-0.39, 0.29) is 6.09 Å². The highest BCUT2D eigenvalue weighted by Crippen LogP contribution is 2.32. The third kappa shape index (κ3) is 3.08. The molecule has 1 fully saturated rings. The summed E-state index contributed by atoms with van der Waals surface area (Å²) in [5, 5.41) is 0. The van der Waals surface area contributed by atoms with Crippen LogP contribution in [0.15, 0.2) is 24.5 Å². The molecule has 118 valence electrons. The zero-order valence-corrected chi connectivity index (χ0v) is 13.2. The molecule has 0 aromatic carbocycles. The number of piperidine rings is 1. The van der Waals surface area contributed by atoms with E-state index in [1.807, 2.05) is 37.1 Å². The summed E-state index contributed by atoms with van der Waals surface area (Å²) in [5.41, 5.74) is 3.41. The van der Waals surface area contributed by atoms with Gasteiger partial charge in [0, 0.05) is 25.5 Å². The molecule has 3 rings (SSSR count). The number of hydrogen-bond donors (Lipinski definition) is 1. The molecule has 0 bridgehead atoms. The van der Waals surface area contributed by atoms with Crippen LogP contribution in [0.2, 0.25) is 0 Å². The first-order valence-electron chi connectivity index (χ1n) is 7.99. The molecule has 0 aliphatic carbocycles. The predicted molar refractivity (Wildman–Crippen MR) is 85.8 cm³/mol. The van der Waals surface area contributed by atoms with Crippen LogP contribution in [-0.2, 0) is 4.74 Å². The van der Waals surface area contributed by atoms with Gasteiger partial charge in [-0.25, -0.2) is 4.79 Å². The number of rotatable bonds is 3. The zero-order valence-electron chi connectivity index (χ0n) is 13.2. The fourth-order valence-electron chi connectivity index (χ4n) is 2.99. The average molecular weight is 301 g/mol. The Bertz CT molecular complexity index is 642. The predicted octanol–water partition coefficient (Wildman–Crippen LogP) is 3.53. The summed E-state index contributed by atoms with van der Waals surface area (Å²) < 4.78 is 5.31. The number of H-pyrrole nitrogens is 1. The fraction of sp³-hybridized carbons (Fsp3) is 0.529. The minimum atomic E-state index is -0.177. The first-order chi connectivity index (χ1) is 10.6. The maximum absolute atomic E-state index is 12.0. The van der Waals surface area contributed by atoms with Crippen LogP contribution in [0.3, 0.4) is 0 Å². The van der Waals surface area contributed by atoms with E-state index in [4.69, 9.17) is 4.74 Å². The highest BCUT2D eigenvalue weighted by atomic mass is 16.6. The number of hydrogen-bond acceptors (Lipinski definition) is 3. The summed E-state index contributed by atoms with van der Waals surface area (Å²) in [6.07, 6.45) is 5.64. The number of carbonyl (C=O) groups excluding carboxylic acids is 1. The Morgan fingerprint density at radius 2 is 2.23 bits per heavy atom. The fourth-order valence-corrected chi connectivity index (χ4v) is 2.99. The molecule has 2 aromatic heterocycles. The van der Waals surface area contributed by atoms with Crippen molar-refractivity contribution in [3.8, 4) is 0 Å². The molecule has 1 aliphatic rings. The van der Waals surface area contributed by atoms with Gasteiger partial charge in [-0.05, 0) is 42.4 Å². The average Bonchev–Trinajstić information content (AvgIpc) is 2.97. The van der Waals surface area contributed by atoms with Crippen molar-refractivity contribution in [1.82, 2.24) is 14.9 Å². The Morgan fingerprint density at radius 3 is 2.95 bits per heavy atom. The molecule has 1 saturated heterocycles. The van der Waals surface area contributed by atoms with Crippen LogP contribution >= 0.6 is 0 Å². The van der Waals surface area contributed by atoms with E-state index in [1.165, 1.54) is 5.56 Å². The van der Waals surface area contributed by atoms with E-state index in [1.54, 1.807) is 0 Å². The third-order valence-corrected chi connectivity index (χ3v) is 4.20. The molecule has 22 heavy (non-hydrogen) atoms. The van der Waals surface area contributed by atoms with Gasteiger partial charge in [-0.2, -0.15) is 0 Å². The van der Waals surface area contributed by atoms with Crippen molar-refractivity contribution < 1.29 is 9.53 Å². The second-order valence-electron chi connectivity index (χ2n) is 6.38. The summed E-state index contributed by atoms with van der Waals surface area (Å²) in [6.45, 7) is 6.08. The lowest BCUT2D eigenvalue weighted by atomic mass is 9.90. The molecule has 0 atom stereocenters. The van der Waals surface area contributed by atoms with Gasteiger partial charge < -0.3 is 14.6 Å². The molecule has 1 amide bonds. The second kappa shape index (κ2) is 6.38. The topological polar surface area (TPSA) is 58.2 Å². The van der Waals surface area contributed by atoms with E-state index in [2.05, 4.69) is 16.2 Å². The van der Waals surface area contributed by atoms with Gasteiger partial charge in [0.25, 0.3) is 0 Å². The molecule has 3 heterocycles. The van der Waals surface area contributed by atoms with E-state index in [9.17, 15) is 4.79 Å². The SMILES string of the molecule is CC(C)COC(=O)N1CCC(c2c[nH]c3cccnc23)CC1. The summed E-state index contributed by atoms with van der Waals surface area (Å²) >= 11 is 0. The van der Waals surface area contributed by atoms with Crippen molar-refractivity contribution >= 4 is 17.1 Å². The molecular formula is C17H23N3O2. The van der Waals surface area contributed by atoms with Crippen LogP contribution in [0.1, 0.15) is 38.2 Å². The normalized spacial score (nSPS) is 16.4. The zero-order chi connectivity index (χ0) is 15.5. The number of carbonyl (C=O) groups is 1. The van der Waals surface area contributed by atoms with Crippen LogP contribution in [0.5, 0.6) is 0 Å². The molecule has 0 radical (unpaired) electrons. The number of nitrogens with zero attached hydrogens (tertiary/aromatic N) is 2. The Balaban J connectivity index is 1.61. The first-order valence-corrected chi connectivity index (χ1v) is 7.99. The van der Waals surface area contributed by atoms with Gasteiger partial charge >= 0.3 is 6.09 Å². The van der Waals surface area contributed by atoms with Crippen molar-refractivity contribution in [2.45, 2.75) is 32.6 Å². The van der Waals surface area contributed by atoms with Crippen LogP contribution in [0.25, 0.3) is 11.0 Å². The minimum Gasteiger partial charge on any atom is -0.449 e. The molecular weight excluding hydrogens is 278 g/mol. The van der Waals surface area contributed by atoms with E-state index in [0.29, 0.717) is 18.4 Å². The smallest absolute Gasteiger partial charge is 0.409 e. The van der Waals surface area contributed by atoms with Crippen LogP contribution < -0.4 is 0 Å². The highest BCUT2D eigenvalue weighted by molar-refractivity contribution is 5.79. The number of pyridine rings is 1. The van der Waals surface area contributed by atoms with E-state index >= 15 is 0 Å².